The number of benzene rings is 1. The van der Waals surface area contributed by atoms with Crippen LogP contribution in [0.25, 0.3) is 0 Å². The molecular formula is C14H21N3O3S. The summed E-state index contributed by atoms with van der Waals surface area (Å²) in [7, 11) is 1.30. The molecule has 1 amide bonds. The number of sulfonamides is 1. The minimum absolute atomic E-state index is 0.0295. The third-order valence-electron chi connectivity index (χ3n) is 3.57. The molecule has 116 valence electrons. The van der Waals surface area contributed by atoms with E-state index >= 15 is 0 Å². The van der Waals surface area contributed by atoms with Gasteiger partial charge in [-0.3, -0.25) is 4.79 Å². The smallest absolute Gasteiger partial charge is 0.253 e. The van der Waals surface area contributed by atoms with Crippen LogP contribution in [0.1, 0.15) is 23.2 Å². The quantitative estimate of drug-likeness (QED) is 0.875. The molecule has 0 aliphatic heterocycles. The molecule has 1 saturated carbocycles. The van der Waals surface area contributed by atoms with Gasteiger partial charge in [-0.1, -0.05) is 0 Å². The van der Waals surface area contributed by atoms with Crippen LogP contribution < -0.4 is 10.0 Å². The monoisotopic (exact) mass is 311 g/mol. The molecule has 2 rings (SSSR count). The van der Waals surface area contributed by atoms with Crippen LogP contribution in [0.15, 0.2) is 23.1 Å². The molecule has 0 spiro atoms. The molecule has 0 heterocycles. The number of hydrogen-bond donors (Lipinski definition) is 1. The van der Waals surface area contributed by atoms with Gasteiger partial charge in [0, 0.05) is 33.3 Å². The van der Waals surface area contributed by atoms with E-state index in [0.29, 0.717) is 23.7 Å². The first-order valence-corrected chi connectivity index (χ1v) is 8.34. The zero-order valence-corrected chi connectivity index (χ0v) is 13.4. The van der Waals surface area contributed by atoms with Crippen molar-refractivity contribution in [3.63, 3.8) is 0 Å². The van der Waals surface area contributed by atoms with Crippen LogP contribution >= 0.6 is 0 Å². The van der Waals surface area contributed by atoms with Crippen LogP contribution in [0.4, 0.5) is 5.69 Å². The van der Waals surface area contributed by atoms with Gasteiger partial charge in [-0.05, 0) is 37.0 Å². The molecule has 0 saturated heterocycles. The number of nitrogens with zero attached hydrogens (tertiary/aromatic N) is 2. The maximum absolute atomic E-state index is 12.3. The summed E-state index contributed by atoms with van der Waals surface area (Å²) in [5.41, 5.74) is 0.812. The second kappa shape index (κ2) is 5.65. The summed E-state index contributed by atoms with van der Waals surface area (Å²) in [6, 6.07) is 4.60. The van der Waals surface area contributed by atoms with E-state index in [4.69, 9.17) is 5.14 Å². The van der Waals surface area contributed by atoms with Gasteiger partial charge in [-0.25, -0.2) is 13.6 Å². The van der Waals surface area contributed by atoms with Gasteiger partial charge in [-0.2, -0.15) is 0 Å². The lowest BCUT2D eigenvalue weighted by atomic mass is 10.1. The maximum atomic E-state index is 12.3. The molecule has 21 heavy (non-hydrogen) atoms. The summed E-state index contributed by atoms with van der Waals surface area (Å²) in [4.78, 5) is 15.6. The van der Waals surface area contributed by atoms with Crippen molar-refractivity contribution >= 4 is 21.6 Å². The van der Waals surface area contributed by atoms with Gasteiger partial charge in [-0.15, -0.1) is 0 Å². The molecule has 2 N–H and O–H groups in total. The van der Waals surface area contributed by atoms with Crippen molar-refractivity contribution in [3.8, 4) is 0 Å². The standard InChI is InChI=1S/C14H21N3O3S/c1-16(2)12-7-6-11(8-13(12)21(15,19)20)14(18)17(3)9-10-4-5-10/h6-8,10H,4-5,9H2,1-3H3,(H2,15,19,20). The SMILES string of the molecule is CN(CC1CC1)C(=O)c1ccc(N(C)C)c(S(N)(=O)=O)c1. The number of primary sulfonamides is 1. The summed E-state index contributed by atoms with van der Waals surface area (Å²) in [6.07, 6.45) is 2.30. The summed E-state index contributed by atoms with van der Waals surface area (Å²) in [5.74, 6) is 0.398. The lowest BCUT2D eigenvalue weighted by Crippen LogP contribution is -2.29. The Labute approximate surface area is 125 Å². The molecule has 0 bridgehead atoms. The summed E-state index contributed by atoms with van der Waals surface area (Å²) in [6.45, 7) is 0.707. The highest BCUT2D eigenvalue weighted by Gasteiger charge is 2.26. The van der Waals surface area contributed by atoms with E-state index in [1.165, 1.54) is 6.07 Å². The Bertz CT molecular complexity index is 651. The molecule has 7 heteroatoms. The fraction of sp³-hybridized carbons (Fsp3) is 0.500. The fourth-order valence-electron chi connectivity index (χ4n) is 2.24. The van der Waals surface area contributed by atoms with E-state index in [1.54, 1.807) is 43.1 Å². The highest BCUT2D eigenvalue weighted by molar-refractivity contribution is 7.89. The van der Waals surface area contributed by atoms with Gasteiger partial charge < -0.3 is 9.80 Å². The minimum atomic E-state index is -3.88. The van der Waals surface area contributed by atoms with Crippen molar-refractivity contribution in [2.75, 3.05) is 32.6 Å². The van der Waals surface area contributed by atoms with Crippen LogP contribution in [0.5, 0.6) is 0 Å². The Kier molecular flexibility index (Phi) is 4.25. The van der Waals surface area contributed by atoms with Crippen molar-refractivity contribution in [2.24, 2.45) is 11.1 Å². The van der Waals surface area contributed by atoms with E-state index < -0.39 is 10.0 Å². The molecule has 1 aliphatic rings. The predicted molar refractivity (Wildman–Crippen MR) is 81.8 cm³/mol. The van der Waals surface area contributed by atoms with Crippen LogP contribution in [0.3, 0.4) is 0 Å². The van der Waals surface area contributed by atoms with E-state index in [2.05, 4.69) is 0 Å². The second-order valence-electron chi connectivity index (χ2n) is 5.75. The number of anilines is 1. The fourth-order valence-corrected chi connectivity index (χ4v) is 3.07. The Hall–Kier alpha value is -1.60. The molecule has 1 fully saturated rings. The molecular weight excluding hydrogens is 290 g/mol. The van der Waals surface area contributed by atoms with Crippen LogP contribution in [-0.4, -0.2) is 46.9 Å². The molecule has 0 atom stereocenters. The van der Waals surface area contributed by atoms with E-state index in [9.17, 15) is 13.2 Å². The highest BCUT2D eigenvalue weighted by Crippen LogP contribution is 2.30. The van der Waals surface area contributed by atoms with Gasteiger partial charge in [0.25, 0.3) is 5.91 Å². The first-order valence-electron chi connectivity index (χ1n) is 6.80. The Morgan fingerprint density at radius 1 is 1.29 bits per heavy atom. The third-order valence-corrected chi connectivity index (χ3v) is 4.51. The molecule has 6 nitrogen and oxygen atoms in total. The molecule has 1 aromatic rings. The number of rotatable bonds is 5. The lowest BCUT2D eigenvalue weighted by molar-refractivity contribution is 0.0788. The first-order chi connectivity index (χ1) is 9.70. The Morgan fingerprint density at radius 2 is 1.90 bits per heavy atom. The van der Waals surface area contributed by atoms with Crippen molar-refractivity contribution < 1.29 is 13.2 Å². The average Bonchev–Trinajstić information content (AvgIpc) is 3.19. The van der Waals surface area contributed by atoms with Gasteiger partial charge in [0.15, 0.2) is 0 Å². The van der Waals surface area contributed by atoms with Crippen molar-refractivity contribution in [1.29, 1.82) is 0 Å². The summed E-state index contributed by atoms with van der Waals surface area (Å²) in [5, 5.41) is 5.25. The molecule has 1 aliphatic carbocycles. The van der Waals surface area contributed by atoms with Gasteiger partial charge in [0.05, 0.1) is 5.69 Å². The summed E-state index contributed by atoms with van der Waals surface area (Å²) < 4.78 is 23.4. The zero-order valence-electron chi connectivity index (χ0n) is 12.5. The average molecular weight is 311 g/mol. The van der Waals surface area contributed by atoms with Gasteiger partial charge in [0.2, 0.25) is 10.0 Å². The minimum Gasteiger partial charge on any atom is -0.377 e. The van der Waals surface area contributed by atoms with Crippen molar-refractivity contribution in [3.05, 3.63) is 23.8 Å². The zero-order chi connectivity index (χ0) is 15.8. The number of carbonyl (C=O) groups excluding carboxylic acids is 1. The van der Waals surface area contributed by atoms with Crippen molar-refractivity contribution in [1.82, 2.24) is 4.90 Å². The number of hydrogen-bond acceptors (Lipinski definition) is 4. The third kappa shape index (κ3) is 3.74. The van der Waals surface area contributed by atoms with Crippen LogP contribution in [-0.2, 0) is 10.0 Å². The van der Waals surface area contributed by atoms with E-state index in [0.717, 1.165) is 12.8 Å². The number of amides is 1. The lowest BCUT2D eigenvalue weighted by Gasteiger charge is -2.20. The van der Waals surface area contributed by atoms with Crippen LogP contribution in [0, 0.1) is 5.92 Å². The normalized spacial score (nSPS) is 14.9. The van der Waals surface area contributed by atoms with E-state index in [1.807, 2.05) is 0 Å². The molecule has 0 unspecified atom stereocenters. The first kappa shape index (κ1) is 15.8. The molecule has 0 radical (unpaired) electrons. The number of nitrogens with two attached hydrogens (primary N) is 1. The molecule has 1 aromatic carbocycles. The summed E-state index contributed by atoms with van der Waals surface area (Å²) >= 11 is 0. The topological polar surface area (TPSA) is 83.7 Å². The van der Waals surface area contributed by atoms with Crippen molar-refractivity contribution in [2.45, 2.75) is 17.7 Å². The van der Waals surface area contributed by atoms with Gasteiger partial charge >= 0.3 is 0 Å². The van der Waals surface area contributed by atoms with Gasteiger partial charge in [0.1, 0.15) is 4.90 Å². The Morgan fingerprint density at radius 3 is 2.38 bits per heavy atom. The van der Waals surface area contributed by atoms with Crippen LogP contribution in [0.2, 0.25) is 0 Å². The largest absolute Gasteiger partial charge is 0.377 e. The maximum Gasteiger partial charge on any atom is 0.253 e. The molecule has 0 aromatic heterocycles. The second-order valence-corrected chi connectivity index (χ2v) is 7.28. The Balaban J connectivity index is 2.34. The predicted octanol–water partition coefficient (Wildman–Crippen LogP) is 0.882. The van der Waals surface area contributed by atoms with E-state index in [-0.39, 0.29) is 10.8 Å². The number of carbonyl (C=O) groups is 1. The highest BCUT2D eigenvalue weighted by atomic mass is 32.2.